The van der Waals surface area contributed by atoms with E-state index >= 15 is 0 Å². The van der Waals surface area contributed by atoms with Gasteiger partial charge in [-0.05, 0) is 59.2 Å². The van der Waals surface area contributed by atoms with Gasteiger partial charge in [0.15, 0.2) is 0 Å². The molecule has 0 aliphatic rings. The van der Waals surface area contributed by atoms with Crippen molar-refractivity contribution in [2.75, 3.05) is 20.7 Å². The summed E-state index contributed by atoms with van der Waals surface area (Å²) in [5.41, 5.74) is 3.69. The average molecular weight is 373 g/mol. The fourth-order valence-corrected chi connectivity index (χ4v) is 3.57. The van der Waals surface area contributed by atoms with E-state index in [9.17, 15) is 0 Å². The zero-order chi connectivity index (χ0) is 16.2. The molecule has 3 rings (SSSR count). The summed E-state index contributed by atoms with van der Waals surface area (Å²) in [5.74, 6) is 1.23. The Hall–Kier alpha value is -1.78. The highest BCUT2D eigenvalue weighted by Gasteiger charge is 2.21. The van der Waals surface area contributed by atoms with E-state index in [0.717, 1.165) is 34.1 Å². The molecule has 120 valence electrons. The first kappa shape index (κ1) is 16.1. The number of nitrogens with one attached hydrogen (secondary N) is 2. The topological polar surface area (TPSA) is 37.0 Å². The van der Waals surface area contributed by atoms with Gasteiger partial charge in [-0.3, -0.25) is 0 Å². The van der Waals surface area contributed by atoms with Crippen molar-refractivity contribution in [3.8, 4) is 5.75 Å². The van der Waals surface area contributed by atoms with E-state index in [-0.39, 0.29) is 0 Å². The molecule has 0 spiro atoms. The molecule has 0 saturated carbocycles. The summed E-state index contributed by atoms with van der Waals surface area (Å²) < 4.78 is 6.67. The van der Waals surface area contributed by atoms with Gasteiger partial charge < -0.3 is 15.0 Å². The number of fused-ring (bicyclic) bond motifs is 1. The zero-order valence-corrected chi connectivity index (χ0v) is 15.0. The third-order valence-electron chi connectivity index (χ3n) is 4.26. The molecule has 2 aromatic carbocycles. The Bertz CT molecular complexity index is 783. The lowest BCUT2D eigenvalue weighted by atomic mass is 9.88. The van der Waals surface area contributed by atoms with Gasteiger partial charge in [0.1, 0.15) is 5.75 Å². The summed E-state index contributed by atoms with van der Waals surface area (Å²) in [6.45, 7) is 0.961. The zero-order valence-electron chi connectivity index (χ0n) is 13.4. The molecule has 2 N–H and O–H groups in total. The quantitative estimate of drug-likeness (QED) is 0.658. The third-order valence-corrected chi connectivity index (χ3v) is 4.92. The maximum absolute atomic E-state index is 5.62. The second-order valence-electron chi connectivity index (χ2n) is 5.60. The predicted molar refractivity (Wildman–Crippen MR) is 99.4 cm³/mol. The average Bonchev–Trinajstić information content (AvgIpc) is 3.03. The second kappa shape index (κ2) is 7.20. The van der Waals surface area contributed by atoms with Crippen LogP contribution in [0.2, 0.25) is 0 Å². The van der Waals surface area contributed by atoms with Gasteiger partial charge in [-0.25, -0.2) is 0 Å². The smallest absolute Gasteiger partial charge is 0.128 e. The van der Waals surface area contributed by atoms with Crippen LogP contribution in [0.5, 0.6) is 5.75 Å². The first-order valence-corrected chi connectivity index (χ1v) is 8.58. The standard InChI is InChI=1S/C19H21BrN2O/c1-21-11-10-14(13-6-4-3-5-7-13)15-12-22-19-16(20)8-9-17(23-2)18(15)19/h3-9,12,14,21-22H,10-11H2,1-2H3. The van der Waals surface area contributed by atoms with Crippen molar-refractivity contribution in [2.45, 2.75) is 12.3 Å². The van der Waals surface area contributed by atoms with E-state index in [0.29, 0.717) is 5.92 Å². The first-order valence-electron chi connectivity index (χ1n) is 7.79. The Kier molecular flexibility index (Phi) is 5.03. The van der Waals surface area contributed by atoms with Crippen LogP contribution in [0.1, 0.15) is 23.5 Å². The van der Waals surface area contributed by atoms with Crippen molar-refractivity contribution in [2.24, 2.45) is 0 Å². The number of ether oxygens (including phenoxy) is 1. The molecule has 1 unspecified atom stereocenters. The van der Waals surface area contributed by atoms with E-state index < -0.39 is 0 Å². The number of hydrogen-bond acceptors (Lipinski definition) is 2. The maximum atomic E-state index is 5.62. The summed E-state index contributed by atoms with van der Waals surface area (Å²) in [5, 5.41) is 4.43. The van der Waals surface area contributed by atoms with Gasteiger partial charge in [-0.2, -0.15) is 0 Å². The van der Waals surface area contributed by atoms with Crippen LogP contribution in [-0.4, -0.2) is 25.7 Å². The highest BCUT2D eigenvalue weighted by atomic mass is 79.9. The van der Waals surface area contributed by atoms with Crippen molar-refractivity contribution >= 4 is 26.8 Å². The summed E-state index contributed by atoms with van der Waals surface area (Å²) in [4.78, 5) is 3.41. The van der Waals surface area contributed by atoms with Gasteiger partial charge in [0.25, 0.3) is 0 Å². The number of methoxy groups -OCH3 is 1. The van der Waals surface area contributed by atoms with E-state index in [4.69, 9.17) is 4.74 Å². The highest BCUT2D eigenvalue weighted by Crippen LogP contribution is 2.40. The number of rotatable bonds is 6. The molecule has 1 aromatic heterocycles. The Morgan fingerprint density at radius 2 is 1.96 bits per heavy atom. The van der Waals surface area contributed by atoms with Gasteiger partial charge >= 0.3 is 0 Å². The lowest BCUT2D eigenvalue weighted by molar-refractivity contribution is 0.419. The molecule has 0 aliphatic carbocycles. The van der Waals surface area contributed by atoms with Gasteiger partial charge in [0.2, 0.25) is 0 Å². The van der Waals surface area contributed by atoms with Crippen LogP contribution in [0.25, 0.3) is 10.9 Å². The van der Waals surface area contributed by atoms with Crippen LogP contribution < -0.4 is 10.1 Å². The van der Waals surface area contributed by atoms with E-state index in [1.165, 1.54) is 11.1 Å². The molecule has 0 radical (unpaired) electrons. The highest BCUT2D eigenvalue weighted by molar-refractivity contribution is 9.10. The monoisotopic (exact) mass is 372 g/mol. The summed E-state index contributed by atoms with van der Waals surface area (Å²) in [6, 6.07) is 14.7. The summed E-state index contributed by atoms with van der Waals surface area (Å²) in [7, 11) is 3.72. The van der Waals surface area contributed by atoms with Crippen molar-refractivity contribution in [3.05, 3.63) is 64.3 Å². The molecular formula is C19H21BrN2O. The van der Waals surface area contributed by atoms with Crippen LogP contribution in [0.4, 0.5) is 0 Å². The first-order chi connectivity index (χ1) is 11.3. The fourth-order valence-electron chi connectivity index (χ4n) is 3.13. The van der Waals surface area contributed by atoms with Gasteiger partial charge in [-0.1, -0.05) is 30.3 Å². The lowest BCUT2D eigenvalue weighted by Crippen LogP contribution is -2.13. The SMILES string of the molecule is CNCCC(c1ccccc1)c1c[nH]c2c(Br)ccc(OC)c12. The fraction of sp³-hybridized carbons (Fsp3) is 0.263. The number of aromatic nitrogens is 1. The molecule has 3 nitrogen and oxygen atoms in total. The molecular weight excluding hydrogens is 352 g/mol. The molecule has 23 heavy (non-hydrogen) atoms. The normalized spacial score (nSPS) is 12.5. The number of aromatic amines is 1. The minimum atomic E-state index is 0.320. The van der Waals surface area contributed by atoms with Gasteiger partial charge in [0.05, 0.1) is 12.6 Å². The Balaban J connectivity index is 2.16. The molecule has 0 amide bonds. The second-order valence-corrected chi connectivity index (χ2v) is 6.45. The Labute approximate surface area is 145 Å². The molecule has 1 atom stereocenters. The van der Waals surface area contributed by atoms with Crippen LogP contribution >= 0.6 is 15.9 Å². The van der Waals surface area contributed by atoms with Crippen molar-refractivity contribution in [1.82, 2.24) is 10.3 Å². The molecule has 3 aromatic rings. The van der Waals surface area contributed by atoms with Crippen molar-refractivity contribution in [1.29, 1.82) is 0 Å². The molecule has 0 bridgehead atoms. The number of benzene rings is 2. The van der Waals surface area contributed by atoms with E-state index in [1.54, 1.807) is 7.11 Å². The largest absolute Gasteiger partial charge is 0.496 e. The summed E-state index contributed by atoms with van der Waals surface area (Å²) >= 11 is 3.63. The van der Waals surface area contributed by atoms with Crippen molar-refractivity contribution in [3.63, 3.8) is 0 Å². The molecule has 0 saturated heterocycles. The minimum Gasteiger partial charge on any atom is -0.496 e. The van der Waals surface area contributed by atoms with Gasteiger partial charge in [0, 0.05) is 22.0 Å². The maximum Gasteiger partial charge on any atom is 0.128 e. The predicted octanol–water partition coefficient (Wildman–Crippen LogP) is 4.68. The van der Waals surface area contributed by atoms with Crippen LogP contribution in [0, 0.1) is 0 Å². The summed E-state index contributed by atoms with van der Waals surface area (Å²) in [6.07, 6.45) is 3.15. The van der Waals surface area contributed by atoms with Crippen LogP contribution in [-0.2, 0) is 0 Å². The third kappa shape index (κ3) is 3.14. The van der Waals surface area contributed by atoms with E-state index in [1.807, 2.05) is 19.2 Å². The minimum absolute atomic E-state index is 0.320. The number of hydrogen-bond donors (Lipinski definition) is 2. The van der Waals surface area contributed by atoms with Crippen LogP contribution in [0.15, 0.2) is 53.1 Å². The Morgan fingerprint density at radius 1 is 1.17 bits per heavy atom. The molecule has 4 heteroatoms. The van der Waals surface area contributed by atoms with Crippen LogP contribution in [0.3, 0.4) is 0 Å². The Morgan fingerprint density at radius 3 is 2.65 bits per heavy atom. The molecule has 0 aliphatic heterocycles. The number of halogens is 1. The van der Waals surface area contributed by atoms with E-state index in [2.05, 4.69) is 62.8 Å². The van der Waals surface area contributed by atoms with Crippen molar-refractivity contribution < 1.29 is 4.74 Å². The van der Waals surface area contributed by atoms with Gasteiger partial charge in [-0.15, -0.1) is 0 Å². The lowest BCUT2D eigenvalue weighted by Gasteiger charge is -2.18. The number of H-pyrrole nitrogens is 1. The molecule has 1 heterocycles. The molecule has 0 fully saturated rings.